The summed E-state index contributed by atoms with van der Waals surface area (Å²) >= 11 is 0. The zero-order valence-electron chi connectivity index (χ0n) is 10.3. The fourth-order valence-electron chi connectivity index (χ4n) is 2.21. The van der Waals surface area contributed by atoms with E-state index in [0.29, 0.717) is 11.3 Å². The van der Waals surface area contributed by atoms with Crippen molar-refractivity contribution < 1.29 is 4.79 Å². The molecule has 92 valence electrons. The van der Waals surface area contributed by atoms with E-state index >= 15 is 0 Å². The summed E-state index contributed by atoms with van der Waals surface area (Å²) in [6.07, 6.45) is 6.23. The highest BCUT2D eigenvalue weighted by Crippen LogP contribution is 2.16. The van der Waals surface area contributed by atoms with Gasteiger partial charge >= 0.3 is 0 Å². The number of nitrogen functional groups attached to an aromatic ring is 1. The van der Waals surface area contributed by atoms with Gasteiger partial charge in [0.25, 0.3) is 5.91 Å². The average Bonchev–Trinajstić information content (AvgIpc) is 2.60. The van der Waals surface area contributed by atoms with Crippen LogP contribution < -0.4 is 5.73 Å². The van der Waals surface area contributed by atoms with Gasteiger partial charge in [-0.25, -0.2) is 0 Å². The fraction of sp³-hybridized carbons (Fsp3) is 0.538. The number of hydrogen-bond donors (Lipinski definition) is 1. The van der Waals surface area contributed by atoms with Gasteiger partial charge in [-0.15, -0.1) is 0 Å². The highest BCUT2D eigenvalue weighted by molar-refractivity contribution is 5.96. The smallest absolute Gasteiger partial charge is 0.255 e. The Hall–Kier alpha value is -1.58. The van der Waals surface area contributed by atoms with Crippen molar-refractivity contribution in [3.8, 4) is 0 Å². The number of amides is 1. The maximum Gasteiger partial charge on any atom is 0.255 e. The molecule has 0 spiro atoms. The number of anilines is 1. The van der Waals surface area contributed by atoms with Gasteiger partial charge in [-0.3, -0.25) is 9.78 Å². The predicted molar refractivity (Wildman–Crippen MR) is 67.8 cm³/mol. The Kier molecular flexibility index (Phi) is 3.61. The van der Waals surface area contributed by atoms with Crippen LogP contribution in [0, 0.1) is 6.92 Å². The SMILES string of the molecule is Cc1ncc(N)cc1C(=O)N1CCCCCC1. The summed E-state index contributed by atoms with van der Waals surface area (Å²) in [5, 5.41) is 0. The number of aryl methyl sites for hydroxylation is 1. The van der Waals surface area contributed by atoms with Gasteiger partial charge in [0.2, 0.25) is 0 Å². The van der Waals surface area contributed by atoms with Crippen molar-refractivity contribution in [1.82, 2.24) is 9.88 Å². The molecule has 1 aromatic heterocycles. The van der Waals surface area contributed by atoms with Crippen molar-refractivity contribution >= 4 is 11.6 Å². The lowest BCUT2D eigenvalue weighted by Gasteiger charge is -2.21. The maximum absolute atomic E-state index is 12.4. The third-order valence-electron chi connectivity index (χ3n) is 3.23. The highest BCUT2D eigenvalue weighted by atomic mass is 16.2. The Balaban J connectivity index is 2.20. The minimum Gasteiger partial charge on any atom is -0.397 e. The summed E-state index contributed by atoms with van der Waals surface area (Å²) in [5.41, 5.74) is 7.65. The lowest BCUT2D eigenvalue weighted by Crippen LogP contribution is -2.32. The Morgan fingerprint density at radius 1 is 1.29 bits per heavy atom. The third-order valence-corrected chi connectivity index (χ3v) is 3.23. The van der Waals surface area contributed by atoms with E-state index in [9.17, 15) is 4.79 Å². The molecule has 0 atom stereocenters. The van der Waals surface area contributed by atoms with Crippen LogP contribution >= 0.6 is 0 Å². The number of pyridine rings is 1. The standard InChI is InChI=1S/C13H19N3O/c1-10-12(8-11(14)9-15-10)13(17)16-6-4-2-3-5-7-16/h8-9H,2-7,14H2,1H3. The quantitative estimate of drug-likeness (QED) is 0.807. The Morgan fingerprint density at radius 3 is 2.59 bits per heavy atom. The number of rotatable bonds is 1. The molecule has 0 aliphatic carbocycles. The summed E-state index contributed by atoms with van der Waals surface area (Å²) in [6.45, 7) is 3.56. The number of likely N-dealkylation sites (tertiary alicyclic amines) is 1. The van der Waals surface area contributed by atoms with Crippen molar-refractivity contribution in [1.29, 1.82) is 0 Å². The van der Waals surface area contributed by atoms with Gasteiger partial charge in [-0.1, -0.05) is 12.8 Å². The molecule has 2 N–H and O–H groups in total. The zero-order chi connectivity index (χ0) is 12.3. The monoisotopic (exact) mass is 233 g/mol. The molecule has 1 aromatic rings. The first-order valence-electron chi connectivity index (χ1n) is 6.20. The van der Waals surface area contributed by atoms with Crippen LogP contribution in [0.4, 0.5) is 5.69 Å². The second kappa shape index (κ2) is 5.17. The number of nitrogens with zero attached hydrogens (tertiary/aromatic N) is 2. The van der Waals surface area contributed by atoms with Crippen molar-refractivity contribution in [2.75, 3.05) is 18.8 Å². The van der Waals surface area contributed by atoms with Crippen molar-refractivity contribution in [3.63, 3.8) is 0 Å². The summed E-state index contributed by atoms with van der Waals surface area (Å²) in [4.78, 5) is 18.4. The molecule has 0 saturated carbocycles. The number of carbonyl (C=O) groups excluding carboxylic acids is 1. The molecule has 1 aliphatic heterocycles. The number of nitrogens with two attached hydrogens (primary N) is 1. The molecule has 2 heterocycles. The predicted octanol–water partition coefficient (Wildman–Crippen LogP) is 1.99. The topological polar surface area (TPSA) is 59.2 Å². The van der Waals surface area contributed by atoms with Crippen LogP contribution in [0.25, 0.3) is 0 Å². The summed E-state index contributed by atoms with van der Waals surface area (Å²) in [6, 6.07) is 1.73. The second-order valence-corrected chi connectivity index (χ2v) is 4.61. The van der Waals surface area contributed by atoms with Crippen LogP contribution in [-0.4, -0.2) is 28.9 Å². The molecule has 1 amide bonds. The molecule has 4 nitrogen and oxygen atoms in total. The minimum absolute atomic E-state index is 0.0733. The van der Waals surface area contributed by atoms with Crippen LogP contribution in [0.2, 0.25) is 0 Å². The van der Waals surface area contributed by atoms with E-state index in [4.69, 9.17) is 5.73 Å². The molecule has 2 rings (SSSR count). The highest BCUT2D eigenvalue weighted by Gasteiger charge is 2.19. The molecule has 1 aliphatic rings. The van der Waals surface area contributed by atoms with E-state index in [0.717, 1.165) is 31.6 Å². The first-order chi connectivity index (χ1) is 8.18. The molecule has 4 heteroatoms. The summed E-state index contributed by atoms with van der Waals surface area (Å²) in [7, 11) is 0. The first kappa shape index (κ1) is 11.9. The van der Waals surface area contributed by atoms with Crippen LogP contribution in [0.1, 0.15) is 41.7 Å². The van der Waals surface area contributed by atoms with Gasteiger partial charge in [0, 0.05) is 13.1 Å². The molecule has 0 radical (unpaired) electrons. The van der Waals surface area contributed by atoms with Gasteiger partial charge in [0.15, 0.2) is 0 Å². The molecular formula is C13H19N3O. The zero-order valence-corrected chi connectivity index (χ0v) is 10.3. The van der Waals surface area contributed by atoms with Gasteiger partial charge in [-0.2, -0.15) is 0 Å². The molecular weight excluding hydrogens is 214 g/mol. The Morgan fingerprint density at radius 2 is 1.94 bits per heavy atom. The van der Waals surface area contributed by atoms with Crippen LogP contribution in [0.5, 0.6) is 0 Å². The molecule has 1 saturated heterocycles. The fourth-order valence-corrected chi connectivity index (χ4v) is 2.21. The molecule has 17 heavy (non-hydrogen) atoms. The van der Waals surface area contributed by atoms with Crippen molar-refractivity contribution in [3.05, 3.63) is 23.5 Å². The van der Waals surface area contributed by atoms with E-state index in [1.165, 1.54) is 12.8 Å². The lowest BCUT2D eigenvalue weighted by atomic mass is 10.1. The Bertz CT molecular complexity index is 409. The largest absolute Gasteiger partial charge is 0.397 e. The third kappa shape index (κ3) is 2.75. The Labute approximate surface area is 102 Å². The van der Waals surface area contributed by atoms with Crippen LogP contribution in [0.15, 0.2) is 12.3 Å². The van der Waals surface area contributed by atoms with Crippen LogP contribution in [0.3, 0.4) is 0 Å². The number of carbonyl (C=O) groups is 1. The lowest BCUT2D eigenvalue weighted by molar-refractivity contribution is 0.0760. The maximum atomic E-state index is 12.4. The molecule has 0 bridgehead atoms. The van der Waals surface area contributed by atoms with E-state index in [1.54, 1.807) is 12.3 Å². The normalized spacial score (nSPS) is 16.6. The average molecular weight is 233 g/mol. The minimum atomic E-state index is 0.0733. The first-order valence-corrected chi connectivity index (χ1v) is 6.20. The van der Waals surface area contributed by atoms with E-state index in [-0.39, 0.29) is 5.91 Å². The van der Waals surface area contributed by atoms with Crippen molar-refractivity contribution in [2.24, 2.45) is 0 Å². The van der Waals surface area contributed by atoms with Gasteiger partial charge in [0.05, 0.1) is 23.1 Å². The second-order valence-electron chi connectivity index (χ2n) is 4.61. The summed E-state index contributed by atoms with van der Waals surface area (Å²) in [5.74, 6) is 0.0733. The van der Waals surface area contributed by atoms with Crippen LogP contribution in [-0.2, 0) is 0 Å². The van der Waals surface area contributed by atoms with E-state index in [2.05, 4.69) is 4.98 Å². The molecule has 0 aromatic carbocycles. The summed E-state index contributed by atoms with van der Waals surface area (Å²) < 4.78 is 0. The van der Waals surface area contributed by atoms with Gasteiger partial charge in [0.1, 0.15) is 0 Å². The van der Waals surface area contributed by atoms with Crippen molar-refractivity contribution in [2.45, 2.75) is 32.6 Å². The molecule has 1 fully saturated rings. The number of hydrogen-bond acceptors (Lipinski definition) is 3. The van der Waals surface area contributed by atoms with Gasteiger partial charge < -0.3 is 10.6 Å². The van der Waals surface area contributed by atoms with Gasteiger partial charge in [-0.05, 0) is 25.8 Å². The van der Waals surface area contributed by atoms with E-state index < -0.39 is 0 Å². The molecule has 0 unspecified atom stereocenters. The van der Waals surface area contributed by atoms with E-state index in [1.807, 2.05) is 11.8 Å². The number of aromatic nitrogens is 1.